The molecule has 3 aromatic rings. The van der Waals surface area contributed by atoms with E-state index in [9.17, 15) is 20.3 Å². The molecule has 1 radical (unpaired) electrons. The van der Waals surface area contributed by atoms with E-state index < -0.39 is 10.6 Å². The number of non-ortho nitro benzene ring substituents is 1. The largest absolute Gasteiger partial charge is 0.505 e. The average Bonchev–Trinajstić information content (AvgIpc) is 2.67. The Hall–Kier alpha value is -2.58. The Morgan fingerprint density at radius 2 is 1.89 bits per heavy atom. The molecule has 0 amide bonds. The van der Waals surface area contributed by atoms with E-state index in [1.165, 1.54) is 18.2 Å². The molecule has 0 aromatic heterocycles. The van der Waals surface area contributed by atoms with Crippen LogP contribution in [0.25, 0.3) is 16.8 Å². The first-order valence-corrected chi connectivity index (χ1v) is 8.29. The summed E-state index contributed by atoms with van der Waals surface area (Å²) < 4.78 is 0. The number of fused-ring (bicyclic) bond motifs is 2. The summed E-state index contributed by atoms with van der Waals surface area (Å²) >= 11 is 0. The number of hydrogen-bond acceptors (Lipinski definition) is 6. The summed E-state index contributed by atoms with van der Waals surface area (Å²) in [7, 11) is 0. The summed E-state index contributed by atoms with van der Waals surface area (Å²) in [5.74, 6) is -0.0178. The van der Waals surface area contributed by atoms with Gasteiger partial charge in [-0.15, -0.1) is 10.2 Å². The van der Waals surface area contributed by atoms with Crippen LogP contribution in [-0.2, 0) is 5.72 Å². The molecule has 0 heterocycles. The number of aromatic hydroxyl groups is 1. The van der Waals surface area contributed by atoms with Crippen LogP contribution < -0.4 is 0 Å². The SMILES string of the molecule is O=[N+]([O-])c1ccc2c(c1)C=CCC2(O)N=Nc1ccc2ccccc2c1O.[Na]. The van der Waals surface area contributed by atoms with Gasteiger partial charge in [0.25, 0.3) is 5.69 Å². The van der Waals surface area contributed by atoms with Crippen LogP contribution in [0.4, 0.5) is 11.4 Å². The second-order valence-corrected chi connectivity index (χ2v) is 6.31. The molecule has 8 heteroatoms. The van der Waals surface area contributed by atoms with Crippen molar-refractivity contribution < 1.29 is 15.1 Å². The number of phenols is 1. The smallest absolute Gasteiger partial charge is 0.270 e. The van der Waals surface area contributed by atoms with E-state index >= 15 is 0 Å². The Morgan fingerprint density at radius 3 is 2.68 bits per heavy atom. The van der Waals surface area contributed by atoms with E-state index in [2.05, 4.69) is 10.2 Å². The van der Waals surface area contributed by atoms with Crippen molar-refractivity contribution in [2.24, 2.45) is 10.2 Å². The molecule has 1 aliphatic rings. The molecular weight excluding hydrogens is 369 g/mol. The summed E-state index contributed by atoms with van der Waals surface area (Å²) in [5, 5.41) is 42.0. The number of azo groups is 1. The number of benzene rings is 3. The van der Waals surface area contributed by atoms with Gasteiger partial charge in [-0.05, 0) is 23.1 Å². The van der Waals surface area contributed by atoms with Crippen LogP contribution in [0.2, 0.25) is 0 Å². The predicted octanol–water partition coefficient (Wildman–Crippen LogP) is 4.42. The van der Waals surface area contributed by atoms with Crippen LogP contribution in [-0.4, -0.2) is 44.7 Å². The maximum atomic E-state index is 11.0. The van der Waals surface area contributed by atoms with E-state index in [-0.39, 0.29) is 53.1 Å². The molecule has 2 N–H and O–H groups in total. The van der Waals surface area contributed by atoms with E-state index in [4.69, 9.17) is 0 Å². The van der Waals surface area contributed by atoms with Crippen LogP contribution in [0.15, 0.2) is 70.9 Å². The van der Waals surface area contributed by atoms with E-state index in [1.807, 2.05) is 24.3 Å². The fourth-order valence-electron chi connectivity index (χ4n) is 3.18. The third kappa shape index (κ3) is 3.57. The number of hydrogen-bond donors (Lipinski definition) is 2. The quantitative estimate of drug-likeness (QED) is 0.302. The third-order valence-corrected chi connectivity index (χ3v) is 4.58. The molecular formula is C20H15N3NaO4. The first kappa shape index (κ1) is 20.2. The second-order valence-electron chi connectivity index (χ2n) is 6.31. The summed E-state index contributed by atoms with van der Waals surface area (Å²) in [4.78, 5) is 10.5. The molecule has 135 valence electrons. The van der Waals surface area contributed by atoms with Gasteiger partial charge in [-0.3, -0.25) is 10.1 Å². The zero-order chi connectivity index (χ0) is 19.0. The van der Waals surface area contributed by atoms with Gasteiger partial charge in [-0.2, -0.15) is 0 Å². The zero-order valence-electron chi connectivity index (χ0n) is 15.1. The second kappa shape index (κ2) is 7.81. The molecule has 0 saturated heterocycles. The van der Waals surface area contributed by atoms with Crippen molar-refractivity contribution in [1.82, 2.24) is 0 Å². The number of nitrogens with zero attached hydrogens (tertiary/aromatic N) is 3. The van der Waals surface area contributed by atoms with Gasteiger partial charge in [0.15, 0.2) is 5.75 Å². The van der Waals surface area contributed by atoms with Gasteiger partial charge in [0.1, 0.15) is 5.69 Å². The standard InChI is InChI=1S/C20H15N3O4.Na/c24-19-16-6-2-1-4-13(16)7-10-18(19)21-22-20(25)11-3-5-14-12-15(23(26)27)8-9-17(14)20;/h1-10,12,24-25H,11H2;. The molecule has 28 heavy (non-hydrogen) atoms. The Bertz CT molecular complexity index is 1130. The first-order chi connectivity index (χ1) is 13.0. The maximum absolute atomic E-state index is 11.0. The molecule has 1 aliphatic carbocycles. The molecule has 1 unspecified atom stereocenters. The Kier molecular flexibility index (Phi) is 5.62. The predicted molar refractivity (Wildman–Crippen MR) is 107 cm³/mol. The van der Waals surface area contributed by atoms with Crippen LogP contribution in [0.1, 0.15) is 17.5 Å². The van der Waals surface area contributed by atoms with Crippen molar-refractivity contribution in [3.05, 3.63) is 81.9 Å². The van der Waals surface area contributed by atoms with Gasteiger partial charge in [0.2, 0.25) is 5.72 Å². The fourth-order valence-corrected chi connectivity index (χ4v) is 3.18. The van der Waals surface area contributed by atoms with E-state index in [0.29, 0.717) is 16.5 Å². The number of nitro groups is 1. The number of phenolic OH excluding ortho intramolecular Hbond substituents is 1. The molecule has 0 saturated carbocycles. The van der Waals surface area contributed by atoms with Gasteiger partial charge in [0.05, 0.1) is 4.92 Å². The van der Waals surface area contributed by atoms with E-state index in [0.717, 1.165) is 5.39 Å². The maximum Gasteiger partial charge on any atom is 0.270 e. The monoisotopic (exact) mass is 384 g/mol. The van der Waals surface area contributed by atoms with Crippen molar-refractivity contribution in [1.29, 1.82) is 0 Å². The fraction of sp³-hybridized carbons (Fsp3) is 0.100. The van der Waals surface area contributed by atoms with E-state index in [1.54, 1.807) is 24.3 Å². The summed E-state index contributed by atoms with van der Waals surface area (Å²) in [5.41, 5.74) is -0.539. The summed E-state index contributed by atoms with van der Waals surface area (Å²) in [6.45, 7) is 0. The molecule has 1 atom stereocenters. The van der Waals surface area contributed by atoms with Crippen LogP contribution >= 0.6 is 0 Å². The van der Waals surface area contributed by atoms with Crippen molar-refractivity contribution in [3.63, 3.8) is 0 Å². The minimum atomic E-state index is -1.66. The molecule has 3 aromatic carbocycles. The molecule has 7 nitrogen and oxygen atoms in total. The Morgan fingerprint density at radius 1 is 1.11 bits per heavy atom. The zero-order valence-corrected chi connectivity index (χ0v) is 17.1. The van der Waals surface area contributed by atoms with Crippen LogP contribution in [0.3, 0.4) is 0 Å². The Balaban J connectivity index is 0.00000225. The normalized spacial score (nSPS) is 18.0. The minimum absolute atomic E-state index is 0. The van der Waals surface area contributed by atoms with Crippen molar-refractivity contribution >= 4 is 57.8 Å². The van der Waals surface area contributed by atoms with Gasteiger partial charge in [-0.25, -0.2) is 0 Å². The topological polar surface area (TPSA) is 108 Å². The number of aliphatic hydroxyl groups is 1. The van der Waals surface area contributed by atoms with Crippen LogP contribution in [0.5, 0.6) is 5.75 Å². The van der Waals surface area contributed by atoms with Gasteiger partial charge < -0.3 is 10.2 Å². The van der Waals surface area contributed by atoms with Gasteiger partial charge >= 0.3 is 0 Å². The summed E-state index contributed by atoms with van der Waals surface area (Å²) in [6.07, 6.45) is 3.57. The van der Waals surface area contributed by atoms with Crippen molar-refractivity contribution in [2.45, 2.75) is 12.1 Å². The van der Waals surface area contributed by atoms with Crippen molar-refractivity contribution in [2.75, 3.05) is 0 Å². The molecule has 0 spiro atoms. The molecule has 4 rings (SSSR count). The van der Waals surface area contributed by atoms with Gasteiger partial charge in [0, 0.05) is 59.1 Å². The molecule has 0 fully saturated rings. The number of nitro benzene ring substituents is 1. The average molecular weight is 384 g/mol. The molecule has 0 bridgehead atoms. The molecule has 0 aliphatic heterocycles. The number of rotatable bonds is 3. The van der Waals surface area contributed by atoms with Crippen LogP contribution in [0, 0.1) is 10.1 Å². The Labute approximate surface area is 182 Å². The van der Waals surface area contributed by atoms with Gasteiger partial charge in [-0.1, -0.05) is 42.5 Å². The third-order valence-electron chi connectivity index (χ3n) is 4.58. The summed E-state index contributed by atoms with van der Waals surface area (Å²) in [6, 6.07) is 15.0. The first-order valence-electron chi connectivity index (χ1n) is 8.29. The van der Waals surface area contributed by atoms with Crippen molar-refractivity contribution in [3.8, 4) is 5.75 Å². The minimum Gasteiger partial charge on any atom is -0.505 e.